The van der Waals surface area contributed by atoms with Crippen molar-refractivity contribution < 1.29 is 29.2 Å². The predicted molar refractivity (Wildman–Crippen MR) is 142 cm³/mol. The molecule has 0 radical (unpaired) electrons. The fourth-order valence-corrected chi connectivity index (χ4v) is 4.65. The Labute approximate surface area is 219 Å². The molecule has 4 rings (SSSR count). The molecule has 37 heavy (non-hydrogen) atoms. The molecule has 0 heterocycles. The number of rotatable bonds is 13. The molecule has 6 nitrogen and oxygen atoms in total. The lowest BCUT2D eigenvalue weighted by atomic mass is 9.78. The highest BCUT2D eigenvalue weighted by Gasteiger charge is 2.52. The molecule has 0 amide bonds. The first kappa shape index (κ1) is 27.2. The maximum Gasteiger partial charge on any atom is 0.115 e. The minimum Gasteiger partial charge on any atom is -0.390 e. The van der Waals surface area contributed by atoms with Gasteiger partial charge in [0.15, 0.2) is 0 Å². The molecule has 0 aromatic heterocycles. The van der Waals surface area contributed by atoms with Gasteiger partial charge in [0.05, 0.1) is 45.2 Å². The molecule has 6 atom stereocenters. The third-order valence-corrected chi connectivity index (χ3v) is 6.60. The molecular weight excluding hydrogens is 468 g/mol. The summed E-state index contributed by atoms with van der Waals surface area (Å²) in [5.74, 6) is -0.531. The van der Waals surface area contributed by atoms with Crippen LogP contribution in [0.4, 0.5) is 0 Å². The monoisotopic (exact) mass is 504 g/mol. The topological polar surface area (TPSA) is 77.4 Å². The lowest BCUT2D eigenvalue weighted by Gasteiger charge is -2.47. The van der Waals surface area contributed by atoms with Crippen LogP contribution in [0.1, 0.15) is 16.7 Å². The van der Waals surface area contributed by atoms with E-state index >= 15 is 0 Å². The summed E-state index contributed by atoms with van der Waals surface area (Å²) >= 11 is 0. The van der Waals surface area contributed by atoms with Crippen LogP contribution in [-0.2, 0) is 38.8 Å². The number of hydrogen-bond donors (Lipinski definition) is 2. The quantitative estimate of drug-likeness (QED) is 0.267. The SMILES string of the molecule is C=CCOC[C@H]1[C@@H](O)[C@@H](O)[C@H](OCc2ccccc2)[C@@H](OCc2ccccc2)[C@@H]1OCc1ccccc1. The molecule has 0 unspecified atom stereocenters. The van der Waals surface area contributed by atoms with E-state index in [1.54, 1.807) is 6.08 Å². The van der Waals surface area contributed by atoms with E-state index in [4.69, 9.17) is 18.9 Å². The molecule has 1 aliphatic rings. The Morgan fingerprint density at radius 1 is 0.595 bits per heavy atom. The summed E-state index contributed by atoms with van der Waals surface area (Å²) in [4.78, 5) is 0. The minimum atomic E-state index is -1.18. The van der Waals surface area contributed by atoms with Crippen LogP contribution in [0.5, 0.6) is 0 Å². The number of hydrogen-bond acceptors (Lipinski definition) is 6. The first-order valence-electron chi connectivity index (χ1n) is 12.7. The molecule has 1 fully saturated rings. The van der Waals surface area contributed by atoms with Crippen LogP contribution in [0.3, 0.4) is 0 Å². The van der Waals surface area contributed by atoms with Gasteiger partial charge in [-0.15, -0.1) is 6.58 Å². The normalized spacial score (nSPS) is 25.6. The van der Waals surface area contributed by atoms with Crippen LogP contribution in [-0.4, -0.2) is 53.9 Å². The van der Waals surface area contributed by atoms with E-state index in [9.17, 15) is 10.2 Å². The van der Waals surface area contributed by atoms with E-state index in [2.05, 4.69) is 6.58 Å². The zero-order valence-electron chi connectivity index (χ0n) is 21.0. The smallest absolute Gasteiger partial charge is 0.115 e. The summed E-state index contributed by atoms with van der Waals surface area (Å²) in [5, 5.41) is 22.4. The van der Waals surface area contributed by atoms with E-state index in [1.165, 1.54) is 0 Å². The van der Waals surface area contributed by atoms with Crippen LogP contribution in [0.25, 0.3) is 0 Å². The van der Waals surface area contributed by atoms with Crippen LogP contribution in [0, 0.1) is 5.92 Å². The molecule has 3 aromatic rings. The summed E-state index contributed by atoms with van der Waals surface area (Å²) in [6, 6.07) is 29.4. The van der Waals surface area contributed by atoms with Gasteiger partial charge in [0.1, 0.15) is 18.3 Å². The Morgan fingerprint density at radius 3 is 1.49 bits per heavy atom. The molecule has 1 saturated carbocycles. The molecule has 2 N–H and O–H groups in total. The van der Waals surface area contributed by atoms with Crippen molar-refractivity contribution >= 4 is 0 Å². The molecule has 3 aromatic carbocycles. The van der Waals surface area contributed by atoms with Crippen LogP contribution in [0.15, 0.2) is 104 Å². The highest BCUT2D eigenvalue weighted by atomic mass is 16.6. The molecule has 0 spiro atoms. The van der Waals surface area contributed by atoms with Gasteiger partial charge < -0.3 is 29.2 Å². The maximum atomic E-state index is 11.2. The van der Waals surface area contributed by atoms with Gasteiger partial charge in [-0.25, -0.2) is 0 Å². The van der Waals surface area contributed by atoms with Crippen molar-refractivity contribution in [2.45, 2.75) is 50.3 Å². The van der Waals surface area contributed by atoms with Crippen molar-refractivity contribution in [2.75, 3.05) is 13.2 Å². The third kappa shape index (κ3) is 7.58. The Hall–Kier alpha value is -2.84. The van der Waals surface area contributed by atoms with E-state index < -0.39 is 36.4 Å². The van der Waals surface area contributed by atoms with Gasteiger partial charge >= 0.3 is 0 Å². The number of aliphatic hydroxyl groups is 2. The van der Waals surface area contributed by atoms with Crippen molar-refractivity contribution in [3.05, 3.63) is 120 Å². The Morgan fingerprint density at radius 2 is 1.03 bits per heavy atom. The van der Waals surface area contributed by atoms with Gasteiger partial charge in [0, 0.05) is 5.92 Å². The molecule has 6 heteroatoms. The van der Waals surface area contributed by atoms with Gasteiger partial charge in [-0.2, -0.15) is 0 Å². The zero-order valence-corrected chi connectivity index (χ0v) is 21.0. The van der Waals surface area contributed by atoms with E-state index in [0.717, 1.165) is 16.7 Å². The van der Waals surface area contributed by atoms with Crippen LogP contribution < -0.4 is 0 Å². The molecular formula is C31H36O6. The van der Waals surface area contributed by atoms with Crippen molar-refractivity contribution in [2.24, 2.45) is 5.92 Å². The van der Waals surface area contributed by atoms with Crippen LogP contribution in [0.2, 0.25) is 0 Å². The summed E-state index contributed by atoms with van der Waals surface area (Å²) in [5.41, 5.74) is 2.95. The summed E-state index contributed by atoms with van der Waals surface area (Å²) in [7, 11) is 0. The second-order valence-electron chi connectivity index (χ2n) is 9.25. The number of ether oxygens (including phenoxy) is 4. The van der Waals surface area contributed by atoms with Gasteiger partial charge in [0.25, 0.3) is 0 Å². The first-order chi connectivity index (χ1) is 18.2. The van der Waals surface area contributed by atoms with E-state index in [-0.39, 0.29) is 13.2 Å². The Balaban J connectivity index is 1.60. The second kappa shape index (κ2) is 14.2. The van der Waals surface area contributed by atoms with Crippen molar-refractivity contribution in [1.82, 2.24) is 0 Å². The predicted octanol–water partition coefficient (Wildman–Crippen LogP) is 4.30. The van der Waals surface area contributed by atoms with Gasteiger partial charge in [0.2, 0.25) is 0 Å². The fourth-order valence-electron chi connectivity index (χ4n) is 4.65. The van der Waals surface area contributed by atoms with E-state index in [1.807, 2.05) is 91.0 Å². The Bertz CT molecular complexity index is 1050. The molecule has 1 aliphatic carbocycles. The minimum absolute atomic E-state index is 0.181. The molecule has 0 bridgehead atoms. The van der Waals surface area contributed by atoms with Crippen molar-refractivity contribution in [1.29, 1.82) is 0 Å². The summed E-state index contributed by atoms with van der Waals surface area (Å²) in [6.45, 7) is 5.11. The van der Waals surface area contributed by atoms with E-state index in [0.29, 0.717) is 19.8 Å². The van der Waals surface area contributed by atoms with Gasteiger partial charge in [-0.05, 0) is 16.7 Å². The second-order valence-corrected chi connectivity index (χ2v) is 9.25. The third-order valence-electron chi connectivity index (χ3n) is 6.60. The summed E-state index contributed by atoms with van der Waals surface area (Å²) < 4.78 is 24.8. The lowest BCUT2D eigenvalue weighted by molar-refractivity contribution is -0.255. The lowest BCUT2D eigenvalue weighted by Crippen LogP contribution is -2.64. The molecule has 196 valence electrons. The average molecular weight is 505 g/mol. The standard InChI is InChI=1S/C31H36O6/c1-2-18-34-22-26-27(32)28(33)30(36-20-24-14-8-4-9-15-24)31(37-21-25-16-10-5-11-17-25)29(26)35-19-23-12-6-3-7-13-23/h2-17,26-33H,1,18-22H2/t26-,27+,28+,29+,30-,31-/m0/s1. The number of benzene rings is 3. The maximum absolute atomic E-state index is 11.2. The molecule has 0 saturated heterocycles. The van der Waals surface area contributed by atoms with Crippen molar-refractivity contribution in [3.63, 3.8) is 0 Å². The average Bonchev–Trinajstić information content (AvgIpc) is 2.95. The largest absolute Gasteiger partial charge is 0.390 e. The fraction of sp³-hybridized carbons (Fsp3) is 0.355. The van der Waals surface area contributed by atoms with Gasteiger partial charge in [-0.1, -0.05) is 97.1 Å². The highest BCUT2D eigenvalue weighted by molar-refractivity contribution is 5.16. The Kier molecular flexibility index (Phi) is 10.4. The van der Waals surface area contributed by atoms with Crippen LogP contribution >= 0.6 is 0 Å². The summed E-state index contributed by atoms with van der Waals surface area (Å²) in [6.07, 6.45) is -2.70. The van der Waals surface area contributed by atoms with Crippen molar-refractivity contribution in [3.8, 4) is 0 Å². The number of aliphatic hydroxyl groups excluding tert-OH is 2. The molecule has 0 aliphatic heterocycles. The first-order valence-corrected chi connectivity index (χ1v) is 12.7. The van der Waals surface area contributed by atoms with Gasteiger partial charge in [-0.3, -0.25) is 0 Å². The zero-order chi connectivity index (χ0) is 25.9. The highest BCUT2D eigenvalue weighted by Crippen LogP contribution is 2.34.